The van der Waals surface area contributed by atoms with Crippen LogP contribution < -0.4 is 0 Å². The first-order valence-corrected chi connectivity index (χ1v) is 24.5. The van der Waals surface area contributed by atoms with Gasteiger partial charge in [-0.15, -0.1) is 0 Å². The monoisotopic (exact) mass is 847 g/mol. The van der Waals surface area contributed by atoms with E-state index in [-0.39, 0.29) is 19.4 Å². The first-order chi connectivity index (χ1) is 28.0. The Kier molecular flexibility index (Phi) is 33.5. The van der Waals surface area contributed by atoms with E-state index in [9.17, 15) is 37.9 Å². The topological polar surface area (TPSA) is 186 Å². The van der Waals surface area contributed by atoms with Crippen LogP contribution in [-0.2, 0) is 38.7 Å². The third-order valence-corrected chi connectivity index (χ3v) is 11.3. The Labute approximate surface area is 351 Å². The van der Waals surface area contributed by atoms with Gasteiger partial charge in [-0.05, 0) is 44.9 Å². The predicted molar refractivity (Wildman–Crippen MR) is 229 cm³/mol. The maximum Gasteiger partial charge on any atom is 0.306 e. The lowest BCUT2D eigenvalue weighted by atomic mass is 10.00. The van der Waals surface area contributed by atoms with E-state index in [1.807, 2.05) is 6.08 Å². The summed E-state index contributed by atoms with van der Waals surface area (Å²) < 4.78 is 54.0. The average Bonchev–Trinajstić information content (AvgIpc) is 3.18. The van der Waals surface area contributed by atoms with E-state index in [2.05, 4.69) is 32.1 Å². The smallest absolute Gasteiger partial charge is 0.306 e. The molecule has 13 heteroatoms. The molecule has 0 aromatic carbocycles. The summed E-state index contributed by atoms with van der Waals surface area (Å²) in [6, 6.07) is 0. The number of ether oxygens (including phenoxy) is 4. The zero-order valence-corrected chi connectivity index (χ0v) is 37.0. The van der Waals surface area contributed by atoms with Crippen LogP contribution in [0, 0.1) is 0 Å². The Morgan fingerprint density at radius 2 is 1.03 bits per heavy atom. The molecule has 1 rings (SSSR count). The summed E-state index contributed by atoms with van der Waals surface area (Å²) in [7, 11) is -4.60. The van der Waals surface area contributed by atoms with Crippen molar-refractivity contribution in [2.24, 2.45) is 0 Å². The number of allylic oxidation sites excluding steroid dienone is 4. The molecule has 0 bridgehead atoms. The molecule has 0 spiro atoms. The molecule has 0 aromatic heterocycles. The fourth-order valence-corrected chi connectivity index (χ4v) is 7.60. The van der Waals surface area contributed by atoms with Crippen molar-refractivity contribution < 1.29 is 56.8 Å². The largest absolute Gasteiger partial charge is 0.462 e. The fourth-order valence-electron chi connectivity index (χ4n) is 6.91. The second-order valence-electron chi connectivity index (χ2n) is 16.1. The lowest BCUT2D eigenvalue weighted by Crippen LogP contribution is -2.60. The van der Waals surface area contributed by atoms with Crippen LogP contribution >= 0.6 is 0 Å². The Morgan fingerprint density at radius 1 is 0.569 bits per heavy atom. The van der Waals surface area contributed by atoms with Gasteiger partial charge in [-0.2, -0.15) is 8.42 Å². The van der Waals surface area contributed by atoms with Crippen LogP contribution in [0.5, 0.6) is 0 Å². The van der Waals surface area contributed by atoms with Gasteiger partial charge < -0.3 is 34.3 Å². The summed E-state index contributed by atoms with van der Waals surface area (Å²) in [6.45, 7) is 3.70. The Morgan fingerprint density at radius 3 is 1.55 bits per heavy atom. The van der Waals surface area contributed by atoms with Crippen molar-refractivity contribution in [1.82, 2.24) is 0 Å². The maximum absolute atomic E-state index is 12.8. The molecular formula is C45H82O12S. The van der Waals surface area contributed by atoms with Gasteiger partial charge in [0, 0.05) is 12.8 Å². The maximum atomic E-state index is 12.8. The van der Waals surface area contributed by atoms with Gasteiger partial charge >= 0.3 is 11.9 Å². The van der Waals surface area contributed by atoms with Gasteiger partial charge in [0.05, 0.1) is 6.61 Å². The minimum Gasteiger partial charge on any atom is -0.462 e. The van der Waals surface area contributed by atoms with Crippen molar-refractivity contribution in [2.45, 2.75) is 230 Å². The molecule has 1 saturated heterocycles. The molecule has 1 heterocycles. The number of carbonyl (C=O) groups excluding carboxylic acids is 2. The molecule has 2 unspecified atom stereocenters. The van der Waals surface area contributed by atoms with E-state index in [0.29, 0.717) is 12.8 Å². The third-order valence-electron chi connectivity index (χ3n) is 10.5. The molecule has 6 atom stereocenters. The quantitative estimate of drug-likeness (QED) is 0.0200. The molecule has 4 N–H and O–H groups in total. The van der Waals surface area contributed by atoms with E-state index in [1.54, 1.807) is 0 Å². The van der Waals surface area contributed by atoms with Crippen LogP contribution in [0.4, 0.5) is 0 Å². The van der Waals surface area contributed by atoms with E-state index in [0.717, 1.165) is 32.1 Å². The van der Waals surface area contributed by atoms with E-state index in [4.69, 9.17) is 18.9 Å². The Balaban J connectivity index is 2.46. The first kappa shape index (κ1) is 54.1. The summed E-state index contributed by atoms with van der Waals surface area (Å²) >= 11 is 0. The number of unbranched alkanes of at least 4 members (excludes halogenated alkanes) is 22. The predicted octanol–water partition coefficient (Wildman–Crippen LogP) is 9.23. The summed E-state index contributed by atoms with van der Waals surface area (Å²) in [6.07, 6.45) is 29.5. The number of esters is 2. The van der Waals surface area contributed by atoms with Crippen molar-refractivity contribution in [3.63, 3.8) is 0 Å². The van der Waals surface area contributed by atoms with Crippen LogP contribution in [0.15, 0.2) is 24.3 Å². The second kappa shape index (κ2) is 35.8. The van der Waals surface area contributed by atoms with Gasteiger partial charge in [0.25, 0.3) is 10.1 Å². The van der Waals surface area contributed by atoms with Crippen LogP contribution in [0.25, 0.3) is 0 Å². The highest BCUT2D eigenvalue weighted by molar-refractivity contribution is 7.85. The van der Waals surface area contributed by atoms with Gasteiger partial charge in [-0.1, -0.05) is 160 Å². The molecule has 1 fully saturated rings. The molecule has 0 aliphatic carbocycles. The molecule has 58 heavy (non-hydrogen) atoms. The second-order valence-corrected chi connectivity index (χ2v) is 17.6. The molecule has 340 valence electrons. The number of carbonyl (C=O) groups is 2. The minimum absolute atomic E-state index is 0.0829. The van der Waals surface area contributed by atoms with E-state index >= 15 is 0 Å². The van der Waals surface area contributed by atoms with Crippen molar-refractivity contribution in [3.05, 3.63) is 24.3 Å². The molecule has 1 aliphatic rings. The van der Waals surface area contributed by atoms with E-state index < -0.39 is 71.2 Å². The summed E-state index contributed by atoms with van der Waals surface area (Å²) in [5.41, 5.74) is 0. The van der Waals surface area contributed by atoms with Gasteiger partial charge in [-0.3, -0.25) is 14.1 Å². The van der Waals surface area contributed by atoms with Crippen LogP contribution in [0.1, 0.15) is 194 Å². The molecule has 1 aliphatic heterocycles. The van der Waals surface area contributed by atoms with Crippen LogP contribution in [-0.4, -0.2) is 96.0 Å². The number of rotatable bonds is 38. The molecule has 0 amide bonds. The molecular weight excluding hydrogens is 765 g/mol. The summed E-state index contributed by atoms with van der Waals surface area (Å²) in [5, 5.41) is 30.9. The van der Waals surface area contributed by atoms with E-state index in [1.165, 1.54) is 122 Å². The average molecular weight is 847 g/mol. The highest BCUT2D eigenvalue weighted by Gasteiger charge is 2.46. The molecule has 12 nitrogen and oxygen atoms in total. The number of aliphatic hydroxyl groups is 3. The standard InChI is InChI=1S/C45H82O12S/c1-3-5-7-9-11-13-15-17-19-21-23-25-27-29-31-33-40(46)54-35-38(36-55-45-44(50)43(49)42(48)39(57-45)37-58(51,52)53)56-41(47)34-32-30-28-26-24-22-20-18-16-14-12-10-8-6-4-2/h9,11,28,30,38-39,42-45,48-50H,3-8,10,12-27,29,31-37H2,1-2H3,(H,51,52,53)/b11-9+,30-28+/t38-,39-,42-,43?,44?,45+/m1/s1. The van der Waals surface area contributed by atoms with Crippen LogP contribution in [0.3, 0.4) is 0 Å². The molecule has 0 radical (unpaired) electrons. The van der Waals surface area contributed by atoms with Crippen molar-refractivity contribution >= 4 is 22.1 Å². The Bertz CT molecular complexity index is 1180. The number of aliphatic hydroxyl groups excluding tert-OH is 3. The highest BCUT2D eigenvalue weighted by atomic mass is 32.2. The van der Waals surface area contributed by atoms with Gasteiger partial charge in [0.1, 0.15) is 36.8 Å². The van der Waals surface area contributed by atoms with Crippen molar-refractivity contribution in [3.8, 4) is 0 Å². The van der Waals surface area contributed by atoms with Gasteiger partial charge in [-0.25, -0.2) is 0 Å². The molecule has 0 aromatic rings. The minimum atomic E-state index is -4.60. The van der Waals surface area contributed by atoms with Crippen LogP contribution in [0.2, 0.25) is 0 Å². The third kappa shape index (κ3) is 30.2. The zero-order chi connectivity index (χ0) is 42.7. The number of hydrogen-bond donors (Lipinski definition) is 4. The highest BCUT2D eigenvalue weighted by Crippen LogP contribution is 2.24. The van der Waals surface area contributed by atoms with Gasteiger partial charge in [0.2, 0.25) is 0 Å². The molecule has 0 saturated carbocycles. The lowest BCUT2D eigenvalue weighted by Gasteiger charge is -2.40. The van der Waals surface area contributed by atoms with Crippen molar-refractivity contribution in [2.75, 3.05) is 19.0 Å². The Hall–Kier alpha value is -1.87. The SMILES string of the molecule is CCCC/C=C/CCCCCCCCCCCC(=O)OC[C@H](CO[C@H]1O[C@H](CS(=O)(=O)O)[C@@H](O)C(O)C1O)OC(=O)CC/C=C/CCCCCCCCCCCCC. The number of hydrogen-bond acceptors (Lipinski definition) is 11. The van der Waals surface area contributed by atoms with Gasteiger partial charge in [0.15, 0.2) is 12.4 Å². The summed E-state index contributed by atoms with van der Waals surface area (Å²) in [4.78, 5) is 25.4. The summed E-state index contributed by atoms with van der Waals surface area (Å²) in [5.74, 6) is -2.04. The first-order valence-electron chi connectivity index (χ1n) is 22.9. The van der Waals surface area contributed by atoms with Crippen molar-refractivity contribution in [1.29, 1.82) is 0 Å². The lowest BCUT2D eigenvalue weighted by molar-refractivity contribution is -0.297. The normalized spacial score (nSPS) is 20.6. The fraction of sp³-hybridized carbons (Fsp3) is 0.867. The zero-order valence-electron chi connectivity index (χ0n) is 36.2.